The first kappa shape index (κ1) is 14.3. The van der Waals surface area contributed by atoms with Gasteiger partial charge in [-0.05, 0) is 18.9 Å². The summed E-state index contributed by atoms with van der Waals surface area (Å²) < 4.78 is 0. The number of hydrogen-bond donors (Lipinski definition) is 2. The molecule has 0 spiro atoms. The van der Waals surface area contributed by atoms with Crippen molar-refractivity contribution in [3.63, 3.8) is 0 Å². The summed E-state index contributed by atoms with van der Waals surface area (Å²) in [5.74, 6) is 1.72. The zero-order valence-corrected chi connectivity index (χ0v) is 12.2. The Morgan fingerprint density at radius 3 is 2.60 bits per heavy atom. The molecule has 1 aromatic carbocycles. The molecule has 20 heavy (non-hydrogen) atoms. The number of hydrogen-bond acceptors (Lipinski definition) is 4. The largest absolute Gasteiger partial charge is 0.370 e. The lowest BCUT2D eigenvalue weighted by atomic mass is 10.1. The molecular weight excluding hydrogens is 248 g/mol. The molecule has 1 aromatic heterocycles. The van der Waals surface area contributed by atoms with Gasteiger partial charge in [-0.1, -0.05) is 43.2 Å². The number of benzene rings is 1. The highest BCUT2D eigenvalue weighted by Crippen LogP contribution is 2.11. The fraction of sp³-hybridized carbons (Fsp3) is 0.375. The number of aryl methyl sites for hydroxylation is 1. The van der Waals surface area contributed by atoms with Gasteiger partial charge in [0.15, 0.2) is 0 Å². The third kappa shape index (κ3) is 4.53. The van der Waals surface area contributed by atoms with Gasteiger partial charge in [0.25, 0.3) is 0 Å². The summed E-state index contributed by atoms with van der Waals surface area (Å²) in [6.45, 7) is 6.00. The quantitative estimate of drug-likeness (QED) is 0.755. The maximum absolute atomic E-state index is 4.24. The van der Waals surface area contributed by atoms with E-state index in [9.17, 15) is 0 Å². The second-order valence-electron chi connectivity index (χ2n) is 4.91. The van der Waals surface area contributed by atoms with Gasteiger partial charge in [0.05, 0.1) is 0 Å². The predicted octanol–water partition coefficient (Wildman–Crippen LogP) is 3.61. The minimum Gasteiger partial charge on any atom is -0.370 e. The standard InChI is InChI=1S/C16H22N4/c1-3-4-8-17-15-10-16(20-12-19-15)18-11-14-7-5-6-13(2)9-14/h5-7,9-10,12H,3-4,8,11H2,1-2H3,(H2,17,18,19,20). The summed E-state index contributed by atoms with van der Waals surface area (Å²) in [4.78, 5) is 8.46. The van der Waals surface area contributed by atoms with Crippen molar-refractivity contribution in [2.45, 2.75) is 33.2 Å². The highest BCUT2D eigenvalue weighted by atomic mass is 15.1. The Bertz CT molecular complexity index is 540. The van der Waals surface area contributed by atoms with Crippen LogP contribution in [0.4, 0.5) is 11.6 Å². The molecule has 1 heterocycles. The predicted molar refractivity (Wildman–Crippen MR) is 83.9 cm³/mol. The van der Waals surface area contributed by atoms with Crippen molar-refractivity contribution in [1.29, 1.82) is 0 Å². The van der Waals surface area contributed by atoms with Crippen molar-refractivity contribution in [3.05, 3.63) is 47.8 Å². The molecule has 0 aliphatic carbocycles. The molecule has 0 radical (unpaired) electrons. The second kappa shape index (κ2) is 7.48. The number of nitrogens with one attached hydrogen (secondary N) is 2. The smallest absolute Gasteiger partial charge is 0.131 e. The van der Waals surface area contributed by atoms with Crippen LogP contribution < -0.4 is 10.6 Å². The number of unbranched alkanes of at least 4 members (excludes halogenated alkanes) is 1. The first-order chi connectivity index (χ1) is 9.78. The van der Waals surface area contributed by atoms with Gasteiger partial charge < -0.3 is 10.6 Å². The summed E-state index contributed by atoms with van der Waals surface area (Å²) in [7, 11) is 0. The summed E-state index contributed by atoms with van der Waals surface area (Å²) in [5.41, 5.74) is 2.53. The van der Waals surface area contributed by atoms with Crippen molar-refractivity contribution in [2.24, 2.45) is 0 Å². The number of nitrogens with zero attached hydrogens (tertiary/aromatic N) is 2. The summed E-state index contributed by atoms with van der Waals surface area (Å²) in [5, 5.41) is 6.63. The average Bonchev–Trinajstić information content (AvgIpc) is 2.46. The van der Waals surface area contributed by atoms with E-state index in [-0.39, 0.29) is 0 Å². The maximum Gasteiger partial charge on any atom is 0.131 e. The highest BCUT2D eigenvalue weighted by Gasteiger charge is 1.99. The molecule has 0 amide bonds. The van der Waals surface area contributed by atoms with Gasteiger partial charge >= 0.3 is 0 Å². The minimum atomic E-state index is 0.771. The van der Waals surface area contributed by atoms with Gasteiger partial charge in [-0.15, -0.1) is 0 Å². The molecule has 4 nitrogen and oxygen atoms in total. The van der Waals surface area contributed by atoms with Crippen LogP contribution >= 0.6 is 0 Å². The van der Waals surface area contributed by atoms with E-state index in [1.54, 1.807) is 6.33 Å². The molecule has 0 saturated carbocycles. The molecule has 0 fully saturated rings. The molecule has 0 aliphatic rings. The second-order valence-corrected chi connectivity index (χ2v) is 4.91. The van der Waals surface area contributed by atoms with E-state index in [1.165, 1.54) is 17.5 Å². The van der Waals surface area contributed by atoms with Crippen molar-refractivity contribution >= 4 is 11.6 Å². The van der Waals surface area contributed by atoms with E-state index in [0.29, 0.717) is 0 Å². The van der Waals surface area contributed by atoms with Gasteiger partial charge in [0.1, 0.15) is 18.0 Å². The van der Waals surface area contributed by atoms with Gasteiger partial charge in [-0.3, -0.25) is 0 Å². The van der Waals surface area contributed by atoms with E-state index < -0.39 is 0 Å². The molecule has 0 unspecified atom stereocenters. The van der Waals surface area contributed by atoms with Gasteiger partial charge in [0.2, 0.25) is 0 Å². The summed E-state index contributed by atoms with van der Waals surface area (Å²) in [6, 6.07) is 10.4. The highest BCUT2D eigenvalue weighted by molar-refractivity contribution is 5.46. The lowest BCUT2D eigenvalue weighted by Crippen LogP contribution is -2.06. The molecule has 0 bridgehead atoms. The fourth-order valence-corrected chi connectivity index (χ4v) is 1.96. The molecule has 2 aromatic rings. The first-order valence-corrected chi connectivity index (χ1v) is 7.13. The van der Waals surface area contributed by atoms with Gasteiger partial charge in [0, 0.05) is 19.2 Å². The fourth-order valence-electron chi connectivity index (χ4n) is 1.96. The van der Waals surface area contributed by atoms with Crippen LogP contribution in [0.3, 0.4) is 0 Å². The third-order valence-corrected chi connectivity index (χ3v) is 3.06. The normalized spacial score (nSPS) is 10.3. The Balaban J connectivity index is 1.91. The van der Waals surface area contributed by atoms with Crippen LogP contribution in [0.2, 0.25) is 0 Å². The number of rotatable bonds is 7. The van der Waals surface area contributed by atoms with Crippen LogP contribution in [0.15, 0.2) is 36.7 Å². The van der Waals surface area contributed by atoms with E-state index >= 15 is 0 Å². The summed E-state index contributed by atoms with van der Waals surface area (Å²) in [6.07, 6.45) is 3.92. The molecule has 0 aliphatic heterocycles. The molecule has 2 N–H and O–H groups in total. The summed E-state index contributed by atoms with van der Waals surface area (Å²) >= 11 is 0. The minimum absolute atomic E-state index is 0.771. The van der Waals surface area contributed by atoms with E-state index in [0.717, 1.165) is 31.1 Å². The van der Waals surface area contributed by atoms with Crippen molar-refractivity contribution in [1.82, 2.24) is 9.97 Å². The molecule has 4 heteroatoms. The zero-order valence-electron chi connectivity index (χ0n) is 12.2. The molecule has 106 valence electrons. The Kier molecular flexibility index (Phi) is 5.35. The first-order valence-electron chi connectivity index (χ1n) is 7.13. The SMILES string of the molecule is CCCCNc1cc(NCc2cccc(C)c2)ncn1. The molecule has 2 rings (SSSR count). The van der Waals surface area contributed by atoms with Crippen LogP contribution in [0, 0.1) is 6.92 Å². The Morgan fingerprint density at radius 1 is 1.05 bits per heavy atom. The number of anilines is 2. The van der Waals surface area contributed by atoms with Crippen LogP contribution in [-0.2, 0) is 6.54 Å². The van der Waals surface area contributed by atoms with E-state index in [1.807, 2.05) is 6.07 Å². The van der Waals surface area contributed by atoms with Crippen molar-refractivity contribution in [3.8, 4) is 0 Å². The van der Waals surface area contributed by atoms with Crippen LogP contribution in [-0.4, -0.2) is 16.5 Å². The lowest BCUT2D eigenvalue weighted by Gasteiger charge is -2.08. The van der Waals surface area contributed by atoms with Gasteiger partial charge in [-0.2, -0.15) is 0 Å². The molecular formula is C16H22N4. The maximum atomic E-state index is 4.24. The zero-order chi connectivity index (χ0) is 14.2. The van der Waals surface area contributed by atoms with E-state index in [4.69, 9.17) is 0 Å². The molecule has 0 saturated heterocycles. The number of aromatic nitrogens is 2. The lowest BCUT2D eigenvalue weighted by molar-refractivity contribution is 0.830. The van der Waals surface area contributed by atoms with Crippen molar-refractivity contribution in [2.75, 3.05) is 17.2 Å². The topological polar surface area (TPSA) is 49.8 Å². The van der Waals surface area contributed by atoms with Crippen molar-refractivity contribution < 1.29 is 0 Å². The van der Waals surface area contributed by atoms with Crippen LogP contribution in [0.25, 0.3) is 0 Å². The Labute approximate surface area is 120 Å². The average molecular weight is 270 g/mol. The third-order valence-electron chi connectivity index (χ3n) is 3.06. The monoisotopic (exact) mass is 270 g/mol. The van der Waals surface area contributed by atoms with Gasteiger partial charge in [-0.25, -0.2) is 9.97 Å². The van der Waals surface area contributed by atoms with Crippen LogP contribution in [0.5, 0.6) is 0 Å². The Hall–Kier alpha value is -2.10. The Morgan fingerprint density at radius 2 is 1.85 bits per heavy atom. The van der Waals surface area contributed by atoms with E-state index in [2.05, 4.69) is 58.7 Å². The van der Waals surface area contributed by atoms with Crippen LogP contribution in [0.1, 0.15) is 30.9 Å². The molecule has 0 atom stereocenters.